The number of hydrogen-bond donors (Lipinski definition) is 1. The Morgan fingerprint density at radius 1 is 1.41 bits per heavy atom. The fraction of sp³-hybridized carbons (Fsp3) is 0.429. The van der Waals surface area contributed by atoms with E-state index in [4.69, 9.17) is 4.74 Å². The first-order valence-corrected chi connectivity index (χ1v) is 6.91. The van der Waals surface area contributed by atoms with E-state index in [1.807, 2.05) is 12.1 Å². The predicted octanol–water partition coefficient (Wildman–Crippen LogP) is 3.36. The Labute approximate surface area is 105 Å². The van der Waals surface area contributed by atoms with E-state index in [1.54, 1.807) is 11.3 Å². The van der Waals surface area contributed by atoms with Gasteiger partial charge in [0, 0.05) is 16.9 Å². The Morgan fingerprint density at radius 3 is 3.00 bits per heavy atom. The lowest BCUT2D eigenvalue weighted by Gasteiger charge is -2.21. The maximum Gasteiger partial charge on any atom is 0.107 e. The average molecular weight is 248 g/mol. The average Bonchev–Trinajstić information content (AvgIpc) is 2.94. The Balaban J connectivity index is 1.98. The molecule has 3 heteroatoms. The molecule has 2 nitrogen and oxygen atoms in total. The number of hydrogen-bond acceptors (Lipinski definition) is 3. The van der Waals surface area contributed by atoms with Crippen molar-refractivity contribution in [2.45, 2.75) is 25.6 Å². The quantitative estimate of drug-likeness (QED) is 0.883. The first-order valence-electron chi connectivity index (χ1n) is 6.03. The Hall–Kier alpha value is -0.900. The van der Waals surface area contributed by atoms with Crippen LogP contribution in [0, 0.1) is 5.92 Å². The second-order valence-corrected chi connectivity index (χ2v) is 5.64. The van der Waals surface area contributed by atoms with Crippen molar-refractivity contribution < 1.29 is 9.84 Å². The van der Waals surface area contributed by atoms with Gasteiger partial charge in [0.05, 0.1) is 6.10 Å². The minimum Gasteiger partial charge on any atom is -0.386 e. The standard InChI is InChI=1S/C14H16O2S/c1-9-6-7-16-14(9)13(15)11-8-17-12-5-3-2-4-10(11)12/h2-5,8-9,13-15H,6-7H2,1H3. The van der Waals surface area contributed by atoms with Gasteiger partial charge in [-0.3, -0.25) is 0 Å². The smallest absolute Gasteiger partial charge is 0.107 e. The van der Waals surface area contributed by atoms with Gasteiger partial charge >= 0.3 is 0 Å². The van der Waals surface area contributed by atoms with Gasteiger partial charge in [-0.05, 0) is 29.2 Å². The van der Waals surface area contributed by atoms with Crippen LogP contribution in [0.2, 0.25) is 0 Å². The second kappa shape index (κ2) is 4.41. The number of fused-ring (bicyclic) bond motifs is 1. The van der Waals surface area contributed by atoms with E-state index >= 15 is 0 Å². The number of rotatable bonds is 2. The van der Waals surface area contributed by atoms with Gasteiger partial charge in [-0.25, -0.2) is 0 Å². The van der Waals surface area contributed by atoms with E-state index in [-0.39, 0.29) is 6.10 Å². The van der Waals surface area contributed by atoms with Gasteiger partial charge in [-0.1, -0.05) is 25.1 Å². The maximum atomic E-state index is 10.5. The highest BCUT2D eigenvalue weighted by Crippen LogP contribution is 2.36. The number of aliphatic hydroxyl groups excluding tert-OH is 1. The minimum atomic E-state index is -0.497. The summed E-state index contributed by atoms with van der Waals surface area (Å²) in [6.45, 7) is 2.92. The number of benzene rings is 1. The van der Waals surface area contributed by atoms with E-state index in [9.17, 15) is 5.11 Å². The summed E-state index contributed by atoms with van der Waals surface area (Å²) in [5, 5.41) is 13.7. The molecule has 1 aromatic heterocycles. The molecule has 1 aromatic carbocycles. The van der Waals surface area contributed by atoms with Gasteiger partial charge in [-0.15, -0.1) is 11.3 Å². The number of aliphatic hydroxyl groups is 1. The third-order valence-corrected chi connectivity index (χ3v) is 4.57. The van der Waals surface area contributed by atoms with E-state index < -0.39 is 6.10 Å². The van der Waals surface area contributed by atoms with Crippen molar-refractivity contribution in [3.8, 4) is 0 Å². The van der Waals surface area contributed by atoms with E-state index in [0.29, 0.717) is 5.92 Å². The topological polar surface area (TPSA) is 29.5 Å². The van der Waals surface area contributed by atoms with Crippen molar-refractivity contribution in [3.05, 3.63) is 35.2 Å². The fourth-order valence-electron chi connectivity index (χ4n) is 2.53. The zero-order valence-electron chi connectivity index (χ0n) is 9.80. The lowest BCUT2D eigenvalue weighted by molar-refractivity contribution is -0.0169. The molecule has 3 rings (SSSR count). The first-order chi connectivity index (χ1) is 8.27. The second-order valence-electron chi connectivity index (χ2n) is 4.73. The molecule has 0 saturated carbocycles. The van der Waals surface area contributed by atoms with Crippen LogP contribution in [-0.4, -0.2) is 17.8 Å². The van der Waals surface area contributed by atoms with Crippen molar-refractivity contribution in [2.24, 2.45) is 5.92 Å². The predicted molar refractivity (Wildman–Crippen MR) is 70.3 cm³/mol. The Kier molecular flexibility index (Phi) is 2.90. The molecule has 90 valence electrons. The molecule has 17 heavy (non-hydrogen) atoms. The summed E-state index contributed by atoms with van der Waals surface area (Å²) in [5.41, 5.74) is 1.02. The third-order valence-electron chi connectivity index (χ3n) is 3.59. The Morgan fingerprint density at radius 2 is 2.24 bits per heavy atom. The number of ether oxygens (including phenoxy) is 1. The lowest BCUT2D eigenvalue weighted by atomic mass is 9.94. The number of thiophene rings is 1. The van der Waals surface area contributed by atoms with Gasteiger partial charge in [0.25, 0.3) is 0 Å². The largest absolute Gasteiger partial charge is 0.386 e. The molecule has 0 aliphatic carbocycles. The monoisotopic (exact) mass is 248 g/mol. The maximum absolute atomic E-state index is 10.5. The van der Waals surface area contributed by atoms with Crippen LogP contribution in [-0.2, 0) is 4.74 Å². The van der Waals surface area contributed by atoms with Crippen molar-refractivity contribution in [1.29, 1.82) is 0 Å². The van der Waals surface area contributed by atoms with Crippen molar-refractivity contribution >= 4 is 21.4 Å². The molecule has 1 aliphatic rings. The minimum absolute atomic E-state index is 0.0481. The summed E-state index contributed by atoms with van der Waals surface area (Å²) in [5.74, 6) is 0.434. The summed E-state index contributed by atoms with van der Waals surface area (Å²) >= 11 is 1.69. The molecule has 1 fully saturated rings. The van der Waals surface area contributed by atoms with Gasteiger partial charge in [0.2, 0.25) is 0 Å². The summed E-state index contributed by atoms with van der Waals surface area (Å²) in [6.07, 6.45) is 0.501. The molecule has 3 atom stereocenters. The summed E-state index contributed by atoms with van der Waals surface area (Å²) < 4.78 is 6.88. The summed E-state index contributed by atoms with van der Waals surface area (Å²) in [6, 6.07) is 8.22. The van der Waals surface area contributed by atoms with Crippen LogP contribution in [0.4, 0.5) is 0 Å². The van der Waals surface area contributed by atoms with Crippen LogP contribution in [0.15, 0.2) is 29.6 Å². The molecule has 0 amide bonds. The van der Waals surface area contributed by atoms with E-state index in [1.165, 1.54) is 4.70 Å². The molecule has 1 aliphatic heterocycles. The van der Waals surface area contributed by atoms with Crippen LogP contribution >= 0.6 is 11.3 Å². The molecule has 0 radical (unpaired) electrons. The van der Waals surface area contributed by atoms with Crippen LogP contribution < -0.4 is 0 Å². The molecule has 1 N–H and O–H groups in total. The van der Waals surface area contributed by atoms with Gasteiger partial charge in [0.15, 0.2) is 0 Å². The molecule has 0 spiro atoms. The molecular formula is C14H16O2S. The highest BCUT2D eigenvalue weighted by molar-refractivity contribution is 7.17. The highest BCUT2D eigenvalue weighted by Gasteiger charge is 2.32. The zero-order chi connectivity index (χ0) is 11.8. The SMILES string of the molecule is CC1CCOC1C(O)c1csc2ccccc12. The molecule has 2 heterocycles. The molecular weight excluding hydrogens is 232 g/mol. The van der Waals surface area contributed by atoms with Gasteiger partial charge < -0.3 is 9.84 Å². The van der Waals surface area contributed by atoms with Crippen LogP contribution in [0.3, 0.4) is 0 Å². The molecule has 0 bridgehead atoms. The van der Waals surface area contributed by atoms with Crippen LogP contribution in [0.1, 0.15) is 25.0 Å². The zero-order valence-corrected chi connectivity index (χ0v) is 10.6. The molecule has 1 saturated heterocycles. The summed E-state index contributed by atoms with van der Waals surface area (Å²) in [7, 11) is 0. The molecule has 3 unspecified atom stereocenters. The van der Waals surface area contributed by atoms with Gasteiger partial charge in [0.1, 0.15) is 6.10 Å². The molecule has 2 aromatic rings. The van der Waals surface area contributed by atoms with Crippen LogP contribution in [0.5, 0.6) is 0 Å². The van der Waals surface area contributed by atoms with E-state index in [0.717, 1.165) is 24.0 Å². The normalized spacial score (nSPS) is 26.5. The van der Waals surface area contributed by atoms with Crippen molar-refractivity contribution in [3.63, 3.8) is 0 Å². The summed E-state index contributed by atoms with van der Waals surface area (Å²) in [4.78, 5) is 0. The van der Waals surface area contributed by atoms with Crippen molar-refractivity contribution in [1.82, 2.24) is 0 Å². The first kappa shape index (κ1) is 11.2. The van der Waals surface area contributed by atoms with Gasteiger partial charge in [-0.2, -0.15) is 0 Å². The lowest BCUT2D eigenvalue weighted by Crippen LogP contribution is -2.22. The third kappa shape index (κ3) is 1.88. The van der Waals surface area contributed by atoms with E-state index in [2.05, 4.69) is 24.4 Å². The Bertz CT molecular complexity index is 520. The fourth-order valence-corrected chi connectivity index (χ4v) is 3.52. The van der Waals surface area contributed by atoms with Crippen LogP contribution in [0.25, 0.3) is 10.1 Å². The van der Waals surface area contributed by atoms with Crippen molar-refractivity contribution in [2.75, 3.05) is 6.61 Å². The highest BCUT2D eigenvalue weighted by atomic mass is 32.1.